The summed E-state index contributed by atoms with van der Waals surface area (Å²) in [5.41, 5.74) is 1.68. The van der Waals surface area contributed by atoms with Crippen LogP contribution in [0, 0.1) is 11.3 Å². The van der Waals surface area contributed by atoms with Gasteiger partial charge in [0.05, 0.1) is 16.9 Å². The highest BCUT2D eigenvalue weighted by Gasteiger charge is 2.31. The fourth-order valence-corrected chi connectivity index (χ4v) is 4.00. The molecule has 1 aliphatic rings. The number of nitrogens with zero attached hydrogens (tertiary/aromatic N) is 2. The number of hydrogen-bond acceptors (Lipinski definition) is 4. The Balaban J connectivity index is 1.85. The summed E-state index contributed by atoms with van der Waals surface area (Å²) in [6.07, 6.45) is 4.71. The van der Waals surface area contributed by atoms with E-state index in [2.05, 4.69) is 15.7 Å². The third-order valence-electron chi connectivity index (χ3n) is 3.73. The van der Waals surface area contributed by atoms with Crippen molar-refractivity contribution in [2.24, 2.45) is 0 Å². The van der Waals surface area contributed by atoms with Gasteiger partial charge in [-0.2, -0.15) is 5.26 Å². The predicted octanol–water partition coefficient (Wildman–Crippen LogP) is 1.59. The number of rotatable bonds is 6. The van der Waals surface area contributed by atoms with Gasteiger partial charge in [-0.3, -0.25) is 4.90 Å². The van der Waals surface area contributed by atoms with Gasteiger partial charge in [0.2, 0.25) is 10.0 Å². The van der Waals surface area contributed by atoms with Crippen molar-refractivity contribution < 1.29 is 8.42 Å². The van der Waals surface area contributed by atoms with Crippen LogP contribution in [0.3, 0.4) is 0 Å². The maximum absolute atomic E-state index is 12.0. The predicted molar refractivity (Wildman–Crippen MR) is 87.6 cm³/mol. The molecule has 1 fully saturated rings. The SMILES string of the molecule is CCNS(=O)(=O)C1CCN(C/C=C/c2ccc(C#N)cc2)C1. The number of nitriles is 1. The summed E-state index contributed by atoms with van der Waals surface area (Å²) in [5, 5.41) is 8.44. The molecule has 22 heavy (non-hydrogen) atoms. The van der Waals surface area contributed by atoms with Gasteiger partial charge in [-0.1, -0.05) is 31.2 Å². The van der Waals surface area contributed by atoms with Crippen molar-refractivity contribution in [1.29, 1.82) is 5.26 Å². The van der Waals surface area contributed by atoms with Gasteiger partial charge in [0.1, 0.15) is 0 Å². The van der Waals surface area contributed by atoms with Crippen molar-refractivity contribution in [3.8, 4) is 6.07 Å². The fourth-order valence-electron chi connectivity index (χ4n) is 2.54. The van der Waals surface area contributed by atoms with Gasteiger partial charge in [-0.05, 0) is 30.7 Å². The van der Waals surface area contributed by atoms with Crippen LogP contribution < -0.4 is 4.72 Å². The lowest BCUT2D eigenvalue weighted by atomic mass is 10.1. The molecule has 1 aromatic rings. The molecule has 1 N–H and O–H groups in total. The summed E-state index contributed by atoms with van der Waals surface area (Å²) in [6.45, 7) is 4.35. The fraction of sp³-hybridized carbons (Fsp3) is 0.438. The van der Waals surface area contributed by atoms with Crippen molar-refractivity contribution in [2.75, 3.05) is 26.2 Å². The minimum atomic E-state index is -3.17. The third kappa shape index (κ3) is 4.41. The van der Waals surface area contributed by atoms with E-state index in [9.17, 15) is 8.42 Å². The Morgan fingerprint density at radius 2 is 2.14 bits per heavy atom. The Morgan fingerprint density at radius 1 is 1.41 bits per heavy atom. The highest BCUT2D eigenvalue weighted by Crippen LogP contribution is 2.16. The van der Waals surface area contributed by atoms with Gasteiger partial charge < -0.3 is 0 Å². The first-order valence-electron chi connectivity index (χ1n) is 7.42. The molecule has 0 spiro atoms. The lowest BCUT2D eigenvalue weighted by molar-refractivity contribution is 0.377. The Morgan fingerprint density at radius 3 is 2.77 bits per heavy atom. The van der Waals surface area contributed by atoms with E-state index in [1.807, 2.05) is 24.3 Å². The molecule has 0 amide bonds. The van der Waals surface area contributed by atoms with Crippen LogP contribution >= 0.6 is 0 Å². The molecule has 1 atom stereocenters. The first-order chi connectivity index (χ1) is 10.5. The van der Waals surface area contributed by atoms with Gasteiger partial charge in [-0.25, -0.2) is 13.1 Å². The summed E-state index contributed by atoms with van der Waals surface area (Å²) in [6, 6.07) is 9.46. The van der Waals surface area contributed by atoms with E-state index in [1.54, 1.807) is 19.1 Å². The number of sulfonamides is 1. The van der Waals surface area contributed by atoms with E-state index in [0.717, 1.165) is 18.7 Å². The average molecular weight is 319 g/mol. The molecule has 0 aromatic heterocycles. The average Bonchev–Trinajstić information content (AvgIpc) is 2.98. The summed E-state index contributed by atoms with van der Waals surface area (Å²) in [7, 11) is -3.17. The largest absolute Gasteiger partial charge is 0.298 e. The summed E-state index contributed by atoms with van der Waals surface area (Å²) in [4.78, 5) is 2.14. The number of hydrogen-bond donors (Lipinski definition) is 1. The molecule has 5 nitrogen and oxygen atoms in total. The molecule has 1 aromatic carbocycles. The van der Waals surface area contributed by atoms with E-state index in [0.29, 0.717) is 25.1 Å². The van der Waals surface area contributed by atoms with E-state index in [1.165, 1.54) is 0 Å². The van der Waals surface area contributed by atoms with Gasteiger partial charge in [0, 0.05) is 19.6 Å². The quantitative estimate of drug-likeness (QED) is 0.864. The Hall–Kier alpha value is -1.68. The first kappa shape index (κ1) is 16.7. The lowest BCUT2D eigenvalue weighted by Gasteiger charge is -2.14. The van der Waals surface area contributed by atoms with E-state index in [-0.39, 0.29) is 5.25 Å². The van der Waals surface area contributed by atoms with Crippen LogP contribution in [-0.2, 0) is 10.0 Å². The molecule has 1 heterocycles. The zero-order valence-corrected chi connectivity index (χ0v) is 13.5. The molecule has 0 saturated carbocycles. The third-order valence-corrected chi connectivity index (χ3v) is 5.68. The second kappa shape index (κ2) is 7.54. The molecule has 6 heteroatoms. The molecule has 0 radical (unpaired) electrons. The maximum atomic E-state index is 12.0. The van der Waals surface area contributed by atoms with E-state index >= 15 is 0 Å². The van der Waals surface area contributed by atoms with Gasteiger partial charge in [0.15, 0.2) is 0 Å². The van der Waals surface area contributed by atoms with Crippen molar-refractivity contribution in [1.82, 2.24) is 9.62 Å². The lowest BCUT2D eigenvalue weighted by Crippen LogP contribution is -2.36. The standard InChI is InChI=1S/C16H21N3O2S/c1-2-18-22(20,21)16-9-11-19(13-16)10-3-4-14-5-7-15(12-17)8-6-14/h3-8,16,18H,2,9-11,13H2,1H3/b4-3+. The minimum absolute atomic E-state index is 0.309. The van der Waals surface area contributed by atoms with Crippen molar-refractivity contribution in [3.63, 3.8) is 0 Å². The zero-order valence-electron chi connectivity index (χ0n) is 12.7. The highest BCUT2D eigenvalue weighted by atomic mass is 32.2. The Labute approximate surface area is 132 Å². The first-order valence-corrected chi connectivity index (χ1v) is 8.97. The number of benzene rings is 1. The molecule has 0 bridgehead atoms. The molecule has 1 aliphatic heterocycles. The van der Waals surface area contributed by atoms with E-state index < -0.39 is 10.0 Å². The Kier molecular flexibility index (Phi) is 5.72. The molecule has 2 rings (SSSR count). The molecule has 118 valence electrons. The van der Waals surface area contributed by atoms with Gasteiger partial charge >= 0.3 is 0 Å². The van der Waals surface area contributed by atoms with Gasteiger partial charge in [-0.15, -0.1) is 0 Å². The van der Waals surface area contributed by atoms with E-state index in [4.69, 9.17) is 5.26 Å². The van der Waals surface area contributed by atoms with Crippen molar-refractivity contribution in [2.45, 2.75) is 18.6 Å². The zero-order chi connectivity index (χ0) is 16.0. The smallest absolute Gasteiger partial charge is 0.215 e. The van der Waals surface area contributed by atoms with Crippen molar-refractivity contribution >= 4 is 16.1 Å². The van der Waals surface area contributed by atoms with Crippen LogP contribution in [0.2, 0.25) is 0 Å². The topological polar surface area (TPSA) is 73.2 Å². The van der Waals surface area contributed by atoms with Crippen LogP contribution in [0.1, 0.15) is 24.5 Å². The van der Waals surface area contributed by atoms with Crippen LogP contribution in [-0.4, -0.2) is 44.7 Å². The van der Waals surface area contributed by atoms with Crippen LogP contribution in [0.5, 0.6) is 0 Å². The molecule has 1 unspecified atom stereocenters. The number of nitrogens with one attached hydrogen (secondary N) is 1. The minimum Gasteiger partial charge on any atom is -0.298 e. The molecular weight excluding hydrogens is 298 g/mol. The normalized spacial score (nSPS) is 19.5. The van der Waals surface area contributed by atoms with Crippen LogP contribution in [0.25, 0.3) is 6.08 Å². The number of likely N-dealkylation sites (tertiary alicyclic amines) is 1. The summed E-state index contributed by atoms with van der Waals surface area (Å²) >= 11 is 0. The second-order valence-electron chi connectivity index (χ2n) is 5.35. The van der Waals surface area contributed by atoms with Crippen LogP contribution in [0.4, 0.5) is 0 Å². The summed E-state index contributed by atoms with van der Waals surface area (Å²) < 4.78 is 26.5. The Bertz CT molecular complexity index is 660. The second-order valence-corrected chi connectivity index (χ2v) is 7.39. The molecule has 0 aliphatic carbocycles. The summed E-state index contributed by atoms with van der Waals surface area (Å²) in [5.74, 6) is 0. The van der Waals surface area contributed by atoms with Gasteiger partial charge in [0.25, 0.3) is 0 Å². The van der Waals surface area contributed by atoms with Crippen molar-refractivity contribution in [3.05, 3.63) is 41.5 Å². The highest BCUT2D eigenvalue weighted by molar-refractivity contribution is 7.90. The molecule has 1 saturated heterocycles. The maximum Gasteiger partial charge on any atom is 0.215 e. The molecular formula is C16H21N3O2S. The van der Waals surface area contributed by atoms with Crippen LogP contribution in [0.15, 0.2) is 30.3 Å². The monoisotopic (exact) mass is 319 g/mol.